The summed E-state index contributed by atoms with van der Waals surface area (Å²) >= 11 is 0. The molecule has 1 aromatic heterocycles. The molecule has 1 aromatic carbocycles. The maximum Gasteiger partial charge on any atom is 0.0456 e. The highest BCUT2D eigenvalue weighted by atomic mass is 35.5. The molecule has 0 aliphatic carbocycles. The van der Waals surface area contributed by atoms with Crippen LogP contribution in [-0.4, -0.2) is 11.0 Å². The molecule has 0 spiro atoms. The maximum atomic E-state index is 3.39. The minimum absolute atomic E-state index is 0. The molecule has 1 heterocycles. The second-order valence-electron chi connectivity index (χ2n) is 3.92. The molecule has 82 valence electrons. The molecule has 0 aliphatic heterocycles. The first-order valence-electron chi connectivity index (χ1n) is 5.06. The summed E-state index contributed by atoms with van der Waals surface area (Å²) in [7, 11) is 0. The number of nitrogens with one attached hydrogen (secondary N) is 2. The summed E-state index contributed by atoms with van der Waals surface area (Å²) in [5, 5.41) is 4.68. The van der Waals surface area contributed by atoms with Crippen LogP contribution in [-0.2, 0) is 6.54 Å². The molecule has 0 amide bonds. The number of halogens is 1. The zero-order valence-electron chi connectivity index (χ0n) is 9.08. The smallest absolute Gasteiger partial charge is 0.0456 e. The van der Waals surface area contributed by atoms with Gasteiger partial charge >= 0.3 is 0 Å². The van der Waals surface area contributed by atoms with Crippen LogP contribution < -0.4 is 5.32 Å². The van der Waals surface area contributed by atoms with E-state index in [9.17, 15) is 0 Å². The van der Waals surface area contributed by atoms with Crippen LogP contribution in [0.15, 0.2) is 30.3 Å². The second kappa shape index (κ2) is 5.19. The van der Waals surface area contributed by atoms with Crippen molar-refractivity contribution in [3.63, 3.8) is 0 Å². The molecule has 0 radical (unpaired) electrons. The number of hydrogen-bond acceptors (Lipinski definition) is 1. The highest BCUT2D eigenvalue weighted by molar-refractivity contribution is 5.85. The van der Waals surface area contributed by atoms with Gasteiger partial charge in [0.2, 0.25) is 0 Å². The van der Waals surface area contributed by atoms with Gasteiger partial charge in [0, 0.05) is 23.8 Å². The van der Waals surface area contributed by atoms with Crippen molar-refractivity contribution in [3.8, 4) is 0 Å². The number of hydrogen-bond donors (Lipinski definition) is 2. The average molecular weight is 225 g/mol. The Morgan fingerprint density at radius 3 is 2.67 bits per heavy atom. The fraction of sp³-hybridized carbons (Fsp3) is 0.333. The van der Waals surface area contributed by atoms with E-state index in [0.717, 1.165) is 6.54 Å². The Hall–Kier alpha value is -0.990. The Kier molecular flexibility index (Phi) is 4.18. The van der Waals surface area contributed by atoms with Crippen molar-refractivity contribution in [2.24, 2.45) is 0 Å². The molecule has 2 nitrogen and oxygen atoms in total. The lowest BCUT2D eigenvalue weighted by Crippen LogP contribution is -2.21. The molecule has 2 rings (SSSR count). The molecule has 2 N–H and O–H groups in total. The van der Waals surface area contributed by atoms with Crippen molar-refractivity contribution in [1.29, 1.82) is 0 Å². The van der Waals surface area contributed by atoms with Crippen LogP contribution >= 0.6 is 12.4 Å². The fourth-order valence-corrected chi connectivity index (χ4v) is 1.54. The average Bonchev–Trinajstić information content (AvgIpc) is 2.57. The van der Waals surface area contributed by atoms with E-state index in [4.69, 9.17) is 0 Å². The van der Waals surface area contributed by atoms with Gasteiger partial charge in [-0.05, 0) is 17.5 Å². The summed E-state index contributed by atoms with van der Waals surface area (Å²) in [6.07, 6.45) is 0. The molecular formula is C12H17ClN2. The summed E-state index contributed by atoms with van der Waals surface area (Å²) in [6.45, 7) is 5.22. The minimum atomic E-state index is 0. The largest absolute Gasteiger partial charge is 0.357 e. The number of aromatic nitrogens is 1. The fourth-order valence-electron chi connectivity index (χ4n) is 1.54. The zero-order valence-corrected chi connectivity index (χ0v) is 9.90. The van der Waals surface area contributed by atoms with Crippen LogP contribution in [0.1, 0.15) is 19.5 Å². The summed E-state index contributed by atoms with van der Waals surface area (Å²) in [4.78, 5) is 3.39. The van der Waals surface area contributed by atoms with Gasteiger partial charge in [-0.15, -0.1) is 12.4 Å². The highest BCUT2D eigenvalue weighted by Gasteiger charge is 1.99. The molecule has 0 bridgehead atoms. The van der Waals surface area contributed by atoms with Crippen molar-refractivity contribution in [1.82, 2.24) is 10.3 Å². The number of rotatable bonds is 3. The monoisotopic (exact) mass is 224 g/mol. The number of H-pyrrole nitrogens is 1. The Morgan fingerprint density at radius 2 is 2.00 bits per heavy atom. The molecule has 0 unspecified atom stereocenters. The SMILES string of the molecule is CC(C)NCc1cc2ccccc2[nH]1.Cl. The minimum Gasteiger partial charge on any atom is -0.357 e. The van der Waals surface area contributed by atoms with E-state index in [0.29, 0.717) is 6.04 Å². The molecule has 0 atom stereocenters. The molecule has 3 heteroatoms. The molecule has 0 saturated carbocycles. The van der Waals surface area contributed by atoms with Gasteiger partial charge in [-0.3, -0.25) is 0 Å². The lowest BCUT2D eigenvalue weighted by molar-refractivity contribution is 0.583. The van der Waals surface area contributed by atoms with Crippen molar-refractivity contribution in [3.05, 3.63) is 36.0 Å². The van der Waals surface area contributed by atoms with Crippen LogP contribution in [0.3, 0.4) is 0 Å². The van der Waals surface area contributed by atoms with E-state index in [2.05, 4.69) is 54.5 Å². The quantitative estimate of drug-likeness (QED) is 0.824. The van der Waals surface area contributed by atoms with Crippen molar-refractivity contribution >= 4 is 23.3 Å². The lowest BCUT2D eigenvalue weighted by Gasteiger charge is -2.05. The summed E-state index contributed by atoms with van der Waals surface area (Å²) in [5.41, 5.74) is 2.47. The number of fused-ring (bicyclic) bond motifs is 1. The third-order valence-corrected chi connectivity index (χ3v) is 2.29. The third-order valence-electron chi connectivity index (χ3n) is 2.29. The molecular weight excluding hydrogens is 208 g/mol. The first-order chi connectivity index (χ1) is 6.75. The highest BCUT2D eigenvalue weighted by Crippen LogP contribution is 2.14. The van der Waals surface area contributed by atoms with Gasteiger partial charge in [-0.2, -0.15) is 0 Å². The number of benzene rings is 1. The van der Waals surface area contributed by atoms with Crippen LogP contribution in [0.4, 0.5) is 0 Å². The Balaban J connectivity index is 0.00000112. The van der Waals surface area contributed by atoms with E-state index in [1.165, 1.54) is 16.6 Å². The Labute approximate surface area is 96.5 Å². The standard InChI is InChI=1S/C12H16N2.ClH/c1-9(2)13-8-11-7-10-5-3-4-6-12(10)14-11;/h3-7,9,13-14H,8H2,1-2H3;1H. The van der Waals surface area contributed by atoms with Gasteiger partial charge < -0.3 is 10.3 Å². The molecule has 0 saturated heterocycles. The molecule has 0 aliphatic rings. The van der Waals surface area contributed by atoms with Gasteiger partial charge in [0.05, 0.1) is 0 Å². The lowest BCUT2D eigenvalue weighted by atomic mass is 10.2. The van der Waals surface area contributed by atoms with Gasteiger partial charge in [-0.25, -0.2) is 0 Å². The maximum absolute atomic E-state index is 3.39. The predicted octanol–water partition coefficient (Wildman–Crippen LogP) is 3.09. The number of para-hydroxylation sites is 1. The molecule has 0 fully saturated rings. The Bertz CT molecular complexity index is 387. The zero-order chi connectivity index (χ0) is 9.97. The second-order valence-corrected chi connectivity index (χ2v) is 3.92. The van der Waals surface area contributed by atoms with Crippen molar-refractivity contribution < 1.29 is 0 Å². The van der Waals surface area contributed by atoms with Gasteiger partial charge in [-0.1, -0.05) is 32.0 Å². The van der Waals surface area contributed by atoms with E-state index in [1.54, 1.807) is 0 Å². The first-order valence-corrected chi connectivity index (χ1v) is 5.06. The summed E-state index contributed by atoms with van der Waals surface area (Å²) in [5.74, 6) is 0. The summed E-state index contributed by atoms with van der Waals surface area (Å²) in [6, 6.07) is 11.1. The van der Waals surface area contributed by atoms with Gasteiger partial charge in [0.25, 0.3) is 0 Å². The van der Waals surface area contributed by atoms with Crippen LogP contribution in [0.25, 0.3) is 10.9 Å². The Morgan fingerprint density at radius 1 is 1.27 bits per heavy atom. The van der Waals surface area contributed by atoms with E-state index in [1.807, 2.05) is 0 Å². The van der Waals surface area contributed by atoms with E-state index < -0.39 is 0 Å². The molecule has 15 heavy (non-hydrogen) atoms. The predicted molar refractivity (Wildman–Crippen MR) is 67.5 cm³/mol. The normalized spacial score (nSPS) is 10.6. The summed E-state index contributed by atoms with van der Waals surface area (Å²) < 4.78 is 0. The van der Waals surface area contributed by atoms with E-state index >= 15 is 0 Å². The number of aromatic amines is 1. The van der Waals surface area contributed by atoms with E-state index in [-0.39, 0.29) is 12.4 Å². The third kappa shape index (κ3) is 2.98. The van der Waals surface area contributed by atoms with Crippen LogP contribution in [0.5, 0.6) is 0 Å². The van der Waals surface area contributed by atoms with Crippen LogP contribution in [0, 0.1) is 0 Å². The van der Waals surface area contributed by atoms with Gasteiger partial charge in [0.15, 0.2) is 0 Å². The molecule has 2 aromatic rings. The van der Waals surface area contributed by atoms with Gasteiger partial charge in [0.1, 0.15) is 0 Å². The first kappa shape index (κ1) is 12.1. The van der Waals surface area contributed by atoms with Crippen LogP contribution in [0.2, 0.25) is 0 Å². The van der Waals surface area contributed by atoms with Crippen molar-refractivity contribution in [2.75, 3.05) is 0 Å². The topological polar surface area (TPSA) is 27.8 Å². The van der Waals surface area contributed by atoms with Crippen molar-refractivity contribution in [2.45, 2.75) is 26.4 Å².